The summed E-state index contributed by atoms with van der Waals surface area (Å²) in [4.78, 5) is 24.5. The monoisotopic (exact) mass is 393 g/mol. The SMILES string of the molecule is COC(=O)c1ccc2c(c1)/C(=C\c1cc(C(C)C)c(OC)c(C(C)C)c1)C(=O)N2. The summed E-state index contributed by atoms with van der Waals surface area (Å²) in [6.45, 7) is 8.50. The van der Waals surface area contributed by atoms with Crippen molar-refractivity contribution >= 4 is 29.2 Å². The number of nitrogens with one attached hydrogen (secondary N) is 1. The number of fused-ring (bicyclic) bond motifs is 1. The smallest absolute Gasteiger partial charge is 0.337 e. The zero-order valence-corrected chi connectivity index (χ0v) is 17.8. The van der Waals surface area contributed by atoms with Crippen LogP contribution in [-0.2, 0) is 9.53 Å². The lowest BCUT2D eigenvalue weighted by Gasteiger charge is -2.19. The Labute approximate surface area is 171 Å². The van der Waals surface area contributed by atoms with Crippen LogP contribution in [-0.4, -0.2) is 26.1 Å². The van der Waals surface area contributed by atoms with Crippen LogP contribution in [0.3, 0.4) is 0 Å². The van der Waals surface area contributed by atoms with Crippen LogP contribution in [0.5, 0.6) is 5.75 Å². The van der Waals surface area contributed by atoms with E-state index in [1.165, 1.54) is 7.11 Å². The summed E-state index contributed by atoms with van der Waals surface area (Å²) in [5.74, 6) is 0.837. The number of carbonyl (C=O) groups excluding carboxylic acids is 2. The highest BCUT2D eigenvalue weighted by Crippen LogP contribution is 2.38. The first-order valence-corrected chi connectivity index (χ1v) is 9.74. The molecule has 5 nitrogen and oxygen atoms in total. The Morgan fingerprint density at radius 2 is 1.62 bits per heavy atom. The van der Waals surface area contributed by atoms with Crippen LogP contribution in [0, 0.1) is 0 Å². The zero-order valence-electron chi connectivity index (χ0n) is 17.8. The fraction of sp³-hybridized carbons (Fsp3) is 0.333. The highest BCUT2D eigenvalue weighted by molar-refractivity contribution is 6.35. The van der Waals surface area contributed by atoms with E-state index in [2.05, 4.69) is 45.1 Å². The fourth-order valence-electron chi connectivity index (χ4n) is 3.62. The third-order valence-corrected chi connectivity index (χ3v) is 5.15. The van der Waals surface area contributed by atoms with Gasteiger partial charge in [0.05, 0.1) is 19.8 Å². The second kappa shape index (κ2) is 8.11. The maximum atomic E-state index is 12.6. The van der Waals surface area contributed by atoms with E-state index in [9.17, 15) is 9.59 Å². The van der Waals surface area contributed by atoms with Crippen molar-refractivity contribution in [1.82, 2.24) is 0 Å². The second-order valence-corrected chi connectivity index (χ2v) is 7.81. The van der Waals surface area contributed by atoms with Crippen molar-refractivity contribution < 1.29 is 19.1 Å². The lowest BCUT2D eigenvalue weighted by Crippen LogP contribution is -2.04. The molecule has 1 heterocycles. The third kappa shape index (κ3) is 3.90. The van der Waals surface area contributed by atoms with E-state index in [0.717, 1.165) is 22.4 Å². The summed E-state index contributed by atoms with van der Waals surface area (Å²) in [6, 6.07) is 9.21. The van der Waals surface area contributed by atoms with Gasteiger partial charge in [0.25, 0.3) is 5.91 Å². The van der Waals surface area contributed by atoms with Gasteiger partial charge in [-0.15, -0.1) is 0 Å². The average Bonchev–Trinajstić information content (AvgIpc) is 3.00. The summed E-state index contributed by atoms with van der Waals surface area (Å²) in [6.07, 6.45) is 1.87. The molecule has 0 fully saturated rings. The van der Waals surface area contributed by atoms with E-state index in [0.29, 0.717) is 22.4 Å². The highest BCUT2D eigenvalue weighted by atomic mass is 16.5. The lowest BCUT2D eigenvalue weighted by atomic mass is 9.90. The minimum absolute atomic E-state index is 0.185. The Kier molecular flexibility index (Phi) is 5.78. The van der Waals surface area contributed by atoms with Crippen molar-refractivity contribution in [3.8, 4) is 5.75 Å². The van der Waals surface area contributed by atoms with Gasteiger partial charge in [0.2, 0.25) is 0 Å². The minimum Gasteiger partial charge on any atom is -0.496 e. The number of esters is 1. The number of hydrogen-bond acceptors (Lipinski definition) is 4. The number of amides is 1. The molecule has 1 amide bonds. The van der Waals surface area contributed by atoms with Crippen molar-refractivity contribution in [2.45, 2.75) is 39.5 Å². The number of rotatable bonds is 5. The molecule has 3 rings (SSSR count). The number of benzene rings is 2. The number of hydrogen-bond donors (Lipinski definition) is 1. The summed E-state index contributed by atoms with van der Waals surface area (Å²) < 4.78 is 10.5. The number of ether oxygens (including phenoxy) is 2. The molecule has 152 valence electrons. The molecule has 0 saturated carbocycles. The van der Waals surface area contributed by atoms with Crippen LogP contribution < -0.4 is 10.1 Å². The van der Waals surface area contributed by atoms with E-state index in [1.54, 1.807) is 25.3 Å². The Bertz CT molecular complexity index is 973. The van der Waals surface area contributed by atoms with E-state index in [-0.39, 0.29) is 17.7 Å². The molecule has 29 heavy (non-hydrogen) atoms. The van der Waals surface area contributed by atoms with Crippen molar-refractivity contribution in [3.63, 3.8) is 0 Å². The molecular weight excluding hydrogens is 366 g/mol. The van der Waals surface area contributed by atoms with Crippen LogP contribution in [0.15, 0.2) is 30.3 Å². The molecule has 2 aromatic rings. The van der Waals surface area contributed by atoms with Gasteiger partial charge in [-0.1, -0.05) is 27.7 Å². The van der Waals surface area contributed by atoms with Gasteiger partial charge >= 0.3 is 5.97 Å². The predicted octanol–water partition coefficient (Wildman–Crippen LogP) is 5.22. The predicted molar refractivity (Wildman–Crippen MR) is 115 cm³/mol. The van der Waals surface area contributed by atoms with Gasteiger partial charge in [-0.2, -0.15) is 0 Å². The molecule has 0 aromatic heterocycles. The molecule has 0 unspecified atom stereocenters. The van der Waals surface area contributed by atoms with Gasteiger partial charge in [-0.05, 0) is 64.9 Å². The molecule has 0 atom stereocenters. The quantitative estimate of drug-likeness (QED) is 0.559. The van der Waals surface area contributed by atoms with E-state index < -0.39 is 5.97 Å². The standard InChI is InChI=1S/C24H27NO4/c1-13(2)17-9-15(10-18(14(3)4)22(17)28-5)11-20-19-12-16(24(27)29-6)7-8-21(19)25-23(20)26/h7-14H,1-6H3,(H,25,26)/b20-11+. The van der Waals surface area contributed by atoms with Gasteiger partial charge in [0, 0.05) is 16.8 Å². The Morgan fingerprint density at radius 3 is 2.14 bits per heavy atom. The number of carbonyl (C=O) groups is 2. The summed E-state index contributed by atoms with van der Waals surface area (Å²) in [5, 5.41) is 2.87. The van der Waals surface area contributed by atoms with Crippen LogP contribution in [0.1, 0.15) is 72.1 Å². The van der Waals surface area contributed by atoms with Crippen molar-refractivity contribution in [3.05, 3.63) is 58.1 Å². The summed E-state index contributed by atoms with van der Waals surface area (Å²) in [7, 11) is 3.04. The molecule has 0 spiro atoms. The largest absolute Gasteiger partial charge is 0.496 e. The highest BCUT2D eigenvalue weighted by Gasteiger charge is 2.26. The molecule has 0 radical (unpaired) electrons. The first-order valence-electron chi connectivity index (χ1n) is 9.74. The van der Waals surface area contributed by atoms with Crippen LogP contribution in [0.2, 0.25) is 0 Å². The summed E-state index contributed by atoms with van der Waals surface area (Å²) in [5.41, 5.74) is 5.47. The van der Waals surface area contributed by atoms with Gasteiger partial charge in [-0.25, -0.2) is 4.79 Å². The molecule has 0 bridgehead atoms. The number of anilines is 1. The maximum Gasteiger partial charge on any atom is 0.337 e. The van der Waals surface area contributed by atoms with Crippen molar-refractivity contribution in [2.24, 2.45) is 0 Å². The van der Waals surface area contributed by atoms with Gasteiger partial charge in [-0.3, -0.25) is 4.79 Å². The van der Waals surface area contributed by atoms with Crippen LogP contribution in [0.4, 0.5) is 5.69 Å². The molecule has 1 N–H and O–H groups in total. The Balaban J connectivity index is 2.16. The zero-order chi connectivity index (χ0) is 21.3. The maximum absolute atomic E-state index is 12.6. The first-order chi connectivity index (χ1) is 13.8. The lowest BCUT2D eigenvalue weighted by molar-refractivity contribution is -0.110. The van der Waals surface area contributed by atoms with Crippen molar-refractivity contribution in [2.75, 3.05) is 19.5 Å². The number of methoxy groups -OCH3 is 2. The van der Waals surface area contributed by atoms with Crippen LogP contribution >= 0.6 is 0 Å². The van der Waals surface area contributed by atoms with Crippen LogP contribution in [0.25, 0.3) is 11.6 Å². The normalized spacial score (nSPS) is 14.3. The molecule has 1 aliphatic heterocycles. The van der Waals surface area contributed by atoms with E-state index in [4.69, 9.17) is 9.47 Å². The first kappa shape index (κ1) is 20.6. The molecule has 0 saturated heterocycles. The molecular formula is C24H27NO4. The van der Waals surface area contributed by atoms with Crippen molar-refractivity contribution in [1.29, 1.82) is 0 Å². The van der Waals surface area contributed by atoms with Gasteiger partial charge in [0.15, 0.2) is 0 Å². The topological polar surface area (TPSA) is 64.6 Å². The molecule has 1 aliphatic rings. The molecule has 5 heteroatoms. The van der Waals surface area contributed by atoms with E-state index in [1.807, 2.05) is 6.08 Å². The summed E-state index contributed by atoms with van der Waals surface area (Å²) >= 11 is 0. The minimum atomic E-state index is -0.430. The third-order valence-electron chi connectivity index (χ3n) is 5.15. The molecule has 0 aliphatic carbocycles. The Hall–Kier alpha value is -3.08. The Morgan fingerprint density at radius 1 is 1.00 bits per heavy atom. The molecule has 2 aromatic carbocycles. The van der Waals surface area contributed by atoms with Gasteiger partial charge < -0.3 is 14.8 Å². The fourth-order valence-corrected chi connectivity index (χ4v) is 3.62. The van der Waals surface area contributed by atoms with E-state index >= 15 is 0 Å². The van der Waals surface area contributed by atoms with Gasteiger partial charge in [0.1, 0.15) is 5.75 Å². The average molecular weight is 393 g/mol. The second-order valence-electron chi connectivity index (χ2n) is 7.81.